The van der Waals surface area contributed by atoms with Gasteiger partial charge in [-0.2, -0.15) is 0 Å². The molecule has 4 nitrogen and oxygen atoms in total. The first-order valence-corrected chi connectivity index (χ1v) is 11.7. The highest BCUT2D eigenvalue weighted by Gasteiger charge is 2.33. The number of nitrogens with zero attached hydrogens (tertiary/aromatic N) is 1. The SMILES string of the molecule is CCOc1cc(/C=C2\SC(=S)N(c3ccc(Cl)c(Cl)c3)C2=O)cc(I)c1OCC. The molecule has 1 heterocycles. The lowest BCUT2D eigenvalue weighted by Crippen LogP contribution is -2.27. The van der Waals surface area contributed by atoms with E-state index in [1.165, 1.54) is 16.7 Å². The lowest BCUT2D eigenvalue weighted by atomic mass is 10.1. The minimum absolute atomic E-state index is 0.208. The van der Waals surface area contributed by atoms with Gasteiger partial charge in [0.2, 0.25) is 0 Å². The van der Waals surface area contributed by atoms with Gasteiger partial charge in [-0.15, -0.1) is 0 Å². The van der Waals surface area contributed by atoms with E-state index in [1.807, 2.05) is 26.0 Å². The van der Waals surface area contributed by atoms with E-state index in [9.17, 15) is 4.79 Å². The molecule has 29 heavy (non-hydrogen) atoms. The maximum atomic E-state index is 13.0. The molecule has 1 fully saturated rings. The van der Waals surface area contributed by atoms with Crippen molar-refractivity contribution in [3.8, 4) is 11.5 Å². The van der Waals surface area contributed by atoms with Crippen LogP contribution in [-0.4, -0.2) is 23.4 Å². The summed E-state index contributed by atoms with van der Waals surface area (Å²) in [6.07, 6.45) is 1.80. The summed E-state index contributed by atoms with van der Waals surface area (Å²) >= 11 is 20.9. The second-order valence-corrected chi connectivity index (χ2v) is 9.46. The molecule has 0 aliphatic carbocycles. The Morgan fingerprint density at radius 2 is 1.86 bits per heavy atom. The Hall–Kier alpha value is -1.00. The normalized spacial score (nSPS) is 15.3. The lowest BCUT2D eigenvalue weighted by molar-refractivity contribution is -0.113. The van der Waals surface area contributed by atoms with E-state index in [4.69, 9.17) is 44.9 Å². The van der Waals surface area contributed by atoms with Crippen LogP contribution in [-0.2, 0) is 4.79 Å². The number of rotatable bonds is 6. The van der Waals surface area contributed by atoms with E-state index in [-0.39, 0.29) is 5.91 Å². The fraction of sp³-hybridized carbons (Fsp3) is 0.200. The Labute approximate surface area is 202 Å². The molecule has 9 heteroatoms. The summed E-state index contributed by atoms with van der Waals surface area (Å²) in [4.78, 5) is 15.0. The van der Waals surface area contributed by atoms with Crippen molar-refractivity contribution >= 4 is 91.8 Å². The van der Waals surface area contributed by atoms with Crippen LogP contribution in [0.15, 0.2) is 35.2 Å². The molecule has 152 valence electrons. The zero-order chi connectivity index (χ0) is 21.1. The van der Waals surface area contributed by atoms with Crippen LogP contribution in [0.4, 0.5) is 5.69 Å². The van der Waals surface area contributed by atoms with Crippen LogP contribution in [0.2, 0.25) is 10.0 Å². The molecular weight excluding hydrogens is 564 g/mol. The minimum Gasteiger partial charge on any atom is -0.490 e. The molecule has 2 aromatic carbocycles. The van der Waals surface area contributed by atoms with Gasteiger partial charge < -0.3 is 9.47 Å². The van der Waals surface area contributed by atoms with E-state index < -0.39 is 0 Å². The van der Waals surface area contributed by atoms with Gasteiger partial charge in [0.15, 0.2) is 15.8 Å². The molecule has 0 atom stereocenters. The van der Waals surface area contributed by atoms with Gasteiger partial charge in [0.1, 0.15) is 0 Å². The van der Waals surface area contributed by atoms with Gasteiger partial charge in [0.05, 0.1) is 37.4 Å². The molecule has 0 N–H and O–H groups in total. The van der Waals surface area contributed by atoms with Crippen molar-refractivity contribution in [3.63, 3.8) is 0 Å². The Balaban J connectivity index is 1.95. The molecule has 0 spiro atoms. The van der Waals surface area contributed by atoms with Gasteiger partial charge in [0.25, 0.3) is 5.91 Å². The predicted molar refractivity (Wildman–Crippen MR) is 134 cm³/mol. The summed E-state index contributed by atoms with van der Waals surface area (Å²) in [6, 6.07) is 8.80. The zero-order valence-corrected chi connectivity index (χ0v) is 20.8. The Morgan fingerprint density at radius 1 is 1.14 bits per heavy atom. The third kappa shape index (κ3) is 5.02. The van der Waals surface area contributed by atoms with Crippen molar-refractivity contribution in [1.82, 2.24) is 0 Å². The molecule has 0 radical (unpaired) electrons. The summed E-state index contributed by atoms with van der Waals surface area (Å²) in [5, 5.41) is 0.786. The maximum Gasteiger partial charge on any atom is 0.270 e. The molecule has 1 aliphatic heterocycles. The second kappa shape index (κ2) is 9.87. The van der Waals surface area contributed by atoms with Crippen LogP contribution in [0.1, 0.15) is 19.4 Å². The Morgan fingerprint density at radius 3 is 2.52 bits per heavy atom. The van der Waals surface area contributed by atoms with Crippen molar-refractivity contribution in [2.24, 2.45) is 0 Å². The highest BCUT2D eigenvalue weighted by atomic mass is 127. The molecule has 3 rings (SSSR count). The van der Waals surface area contributed by atoms with Gasteiger partial charge >= 0.3 is 0 Å². The minimum atomic E-state index is -0.208. The molecule has 0 saturated carbocycles. The van der Waals surface area contributed by atoms with Crippen molar-refractivity contribution in [1.29, 1.82) is 0 Å². The topological polar surface area (TPSA) is 38.8 Å². The molecule has 2 aromatic rings. The molecule has 1 amide bonds. The quantitative estimate of drug-likeness (QED) is 0.214. The fourth-order valence-electron chi connectivity index (χ4n) is 2.68. The van der Waals surface area contributed by atoms with Gasteiger partial charge in [-0.1, -0.05) is 47.2 Å². The monoisotopic (exact) mass is 579 g/mol. The molecule has 1 aliphatic rings. The first-order chi connectivity index (χ1) is 13.8. The third-order valence-electron chi connectivity index (χ3n) is 3.87. The number of hydrogen-bond donors (Lipinski definition) is 0. The van der Waals surface area contributed by atoms with E-state index in [1.54, 1.807) is 24.3 Å². The number of halogens is 3. The fourth-order valence-corrected chi connectivity index (χ4v) is 5.06. The standard InChI is InChI=1S/C20H16Cl2INO3S2/c1-3-26-16-8-11(7-15(23)18(16)27-4-2)9-17-19(25)24(20(28)29-17)12-5-6-13(21)14(22)10-12/h5-10H,3-4H2,1-2H3/b17-9-. The van der Waals surface area contributed by atoms with Gasteiger partial charge in [-0.05, 0) is 78.4 Å². The second-order valence-electron chi connectivity index (χ2n) is 5.81. The highest BCUT2D eigenvalue weighted by Crippen LogP contribution is 2.40. The number of amides is 1. The number of carbonyl (C=O) groups is 1. The maximum absolute atomic E-state index is 13.0. The Bertz CT molecular complexity index is 1010. The van der Waals surface area contributed by atoms with Crippen LogP contribution in [0.3, 0.4) is 0 Å². The van der Waals surface area contributed by atoms with Crippen LogP contribution >= 0.6 is 69.8 Å². The number of benzene rings is 2. The Kier molecular flexibility index (Phi) is 7.72. The number of thiocarbonyl (C=S) groups is 1. The van der Waals surface area contributed by atoms with Crippen molar-refractivity contribution < 1.29 is 14.3 Å². The number of hydrogen-bond acceptors (Lipinski definition) is 5. The number of anilines is 1. The smallest absolute Gasteiger partial charge is 0.270 e. The van der Waals surface area contributed by atoms with Gasteiger partial charge in [0, 0.05) is 0 Å². The predicted octanol–water partition coefficient (Wildman–Crippen LogP) is 6.80. The molecular formula is C20H16Cl2INO3S2. The van der Waals surface area contributed by atoms with E-state index in [0.717, 1.165) is 9.13 Å². The van der Waals surface area contributed by atoms with Crippen LogP contribution in [0.5, 0.6) is 11.5 Å². The number of thioether (sulfide) groups is 1. The van der Waals surface area contributed by atoms with E-state index in [0.29, 0.717) is 49.7 Å². The van der Waals surface area contributed by atoms with Crippen LogP contribution < -0.4 is 14.4 Å². The first kappa shape index (κ1) is 22.7. The number of carbonyl (C=O) groups excluding carboxylic acids is 1. The van der Waals surface area contributed by atoms with Crippen molar-refractivity contribution in [2.45, 2.75) is 13.8 Å². The lowest BCUT2D eigenvalue weighted by Gasteiger charge is -2.15. The van der Waals surface area contributed by atoms with Crippen LogP contribution in [0, 0.1) is 3.57 Å². The summed E-state index contributed by atoms with van der Waals surface area (Å²) in [6.45, 7) is 4.89. The van der Waals surface area contributed by atoms with Gasteiger partial charge in [-0.25, -0.2) is 0 Å². The molecule has 0 bridgehead atoms. The number of ether oxygens (including phenoxy) is 2. The van der Waals surface area contributed by atoms with Gasteiger partial charge in [-0.3, -0.25) is 9.69 Å². The van der Waals surface area contributed by atoms with Crippen molar-refractivity contribution in [2.75, 3.05) is 18.1 Å². The highest BCUT2D eigenvalue weighted by molar-refractivity contribution is 14.1. The molecule has 0 unspecified atom stereocenters. The third-order valence-corrected chi connectivity index (χ3v) is 6.72. The summed E-state index contributed by atoms with van der Waals surface area (Å²) < 4.78 is 12.8. The average Bonchev–Trinajstić information content (AvgIpc) is 2.94. The van der Waals surface area contributed by atoms with Crippen molar-refractivity contribution in [3.05, 3.63) is 54.4 Å². The largest absolute Gasteiger partial charge is 0.490 e. The van der Waals surface area contributed by atoms with E-state index in [2.05, 4.69) is 22.6 Å². The summed E-state index contributed by atoms with van der Waals surface area (Å²) in [5.41, 5.74) is 1.41. The van der Waals surface area contributed by atoms with Crippen LogP contribution in [0.25, 0.3) is 6.08 Å². The summed E-state index contributed by atoms with van der Waals surface area (Å²) in [7, 11) is 0. The molecule has 0 aromatic heterocycles. The van der Waals surface area contributed by atoms with E-state index >= 15 is 0 Å². The summed E-state index contributed by atoms with van der Waals surface area (Å²) in [5.74, 6) is 1.14. The molecule has 1 saturated heterocycles. The zero-order valence-electron chi connectivity index (χ0n) is 15.5. The first-order valence-electron chi connectivity index (χ1n) is 8.67. The average molecular weight is 580 g/mol.